The zero-order valence-corrected chi connectivity index (χ0v) is 13.4. The van der Waals surface area contributed by atoms with Gasteiger partial charge in [-0.15, -0.1) is 12.4 Å². The molecule has 0 heterocycles. The summed E-state index contributed by atoms with van der Waals surface area (Å²) >= 11 is 5.96. The zero-order chi connectivity index (χ0) is 14.1. The predicted octanol–water partition coefficient (Wildman–Crippen LogP) is 2.64. The third-order valence-corrected chi connectivity index (χ3v) is 3.05. The fraction of sp³-hybridized carbons (Fsp3) is 0.500. The molecule has 0 bridgehead atoms. The fourth-order valence-electron chi connectivity index (χ4n) is 1.43. The summed E-state index contributed by atoms with van der Waals surface area (Å²) in [6, 6.07) is 7.60. The van der Waals surface area contributed by atoms with E-state index in [4.69, 9.17) is 16.3 Å². The normalized spacial score (nSPS) is 11.3. The summed E-state index contributed by atoms with van der Waals surface area (Å²) in [6.45, 7) is 3.14. The van der Waals surface area contributed by atoms with Gasteiger partial charge in [0.25, 0.3) is 0 Å². The molecule has 1 amide bonds. The number of carbonyl (C=O) groups excluding carboxylic acids is 1. The van der Waals surface area contributed by atoms with Crippen LogP contribution in [0.2, 0.25) is 5.02 Å². The molecule has 0 aliphatic heterocycles. The van der Waals surface area contributed by atoms with Crippen molar-refractivity contribution in [3.8, 4) is 5.75 Å². The molecule has 0 saturated carbocycles. The van der Waals surface area contributed by atoms with E-state index >= 15 is 0 Å². The van der Waals surface area contributed by atoms with Crippen LogP contribution in [0.15, 0.2) is 24.3 Å². The van der Waals surface area contributed by atoms with E-state index in [0.717, 1.165) is 0 Å². The van der Waals surface area contributed by atoms with Gasteiger partial charge in [0.05, 0.1) is 11.6 Å². The molecular formula is C14H22Cl2N2O2. The minimum absolute atomic E-state index is 0. The molecule has 1 aromatic rings. The molecule has 0 fully saturated rings. The van der Waals surface area contributed by atoms with Crippen LogP contribution < -0.4 is 15.4 Å². The van der Waals surface area contributed by atoms with Crippen LogP contribution in [-0.2, 0) is 4.79 Å². The van der Waals surface area contributed by atoms with Gasteiger partial charge in [0.15, 0.2) is 0 Å². The number of hydrogen-bond acceptors (Lipinski definition) is 3. The van der Waals surface area contributed by atoms with Crippen LogP contribution in [0.25, 0.3) is 0 Å². The molecule has 6 heteroatoms. The zero-order valence-electron chi connectivity index (χ0n) is 11.8. The maximum Gasteiger partial charge on any atom is 0.220 e. The lowest BCUT2D eigenvalue weighted by atomic mass is 10.3. The monoisotopic (exact) mass is 320 g/mol. The summed E-state index contributed by atoms with van der Waals surface area (Å²) in [7, 11) is 1.87. The second-order valence-corrected chi connectivity index (χ2v) is 4.78. The van der Waals surface area contributed by atoms with E-state index in [9.17, 15) is 4.79 Å². The van der Waals surface area contributed by atoms with Crippen molar-refractivity contribution in [1.29, 1.82) is 0 Å². The number of hydrogen-bond donors (Lipinski definition) is 2. The van der Waals surface area contributed by atoms with Gasteiger partial charge in [0, 0.05) is 19.0 Å². The van der Waals surface area contributed by atoms with Crippen molar-refractivity contribution in [2.24, 2.45) is 0 Å². The van der Waals surface area contributed by atoms with Gasteiger partial charge in [0.2, 0.25) is 5.91 Å². The standard InChI is InChI=1S/C14H21ClN2O2.ClH/c1-11(16-2)10-17-14(18)8-5-9-19-13-7-4-3-6-12(13)15;/h3-4,6-7,11,16H,5,8-10H2,1-2H3,(H,17,18);1H. The molecule has 2 N–H and O–H groups in total. The van der Waals surface area contributed by atoms with Crippen molar-refractivity contribution >= 4 is 29.9 Å². The summed E-state index contributed by atoms with van der Waals surface area (Å²) in [6.07, 6.45) is 1.13. The summed E-state index contributed by atoms with van der Waals surface area (Å²) in [5, 5.41) is 6.51. The van der Waals surface area contributed by atoms with E-state index in [1.54, 1.807) is 6.07 Å². The number of carbonyl (C=O) groups is 1. The third-order valence-electron chi connectivity index (χ3n) is 2.74. The van der Waals surface area contributed by atoms with Crippen LogP contribution in [0, 0.1) is 0 Å². The first-order valence-corrected chi connectivity index (χ1v) is 6.82. The highest BCUT2D eigenvalue weighted by Gasteiger charge is 2.04. The van der Waals surface area contributed by atoms with E-state index in [1.165, 1.54) is 0 Å². The van der Waals surface area contributed by atoms with Crippen molar-refractivity contribution in [3.63, 3.8) is 0 Å². The van der Waals surface area contributed by atoms with Crippen LogP contribution in [0.5, 0.6) is 5.75 Å². The average Bonchev–Trinajstić information content (AvgIpc) is 2.42. The van der Waals surface area contributed by atoms with Crippen molar-refractivity contribution in [2.45, 2.75) is 25.8 Å². The molecule has 0 radical (unpaired) electrons. The average molecular weight is 321 g/mol. The van der Waals surface area contributed by atoms with Gasteiger partial charge in [-0.1, -0.05) is 23.7 Å². The quantitative estimate of drug-likeness (QED) is 0.724. The molecule has 1 unspecified atom stereocenters. The number of ether oxygens (including phenoxy) is 1. The summed E-state index contributed by atoms with van der Waals surface area (Å²) < 4.78 is 5.51. The molecule has 0 aliphatic rings. The second kappa shape index (κ2) is 10.8. The van der Waals surface area contributed by atoms with Gasteiger partial charge in [-0.3, -0.25) is 4.79 Å². The molecule has 1 atom stereocenters. The van der Waals surface area contributed by atoms with Crippen LogP contribution >= 0.6 is 24.0 Å². The van der Waals surface area contributed by atoms with Crippen LogP contribution in [-0.4, -0.2) is 32.1 Å². The van der Waals surface area contributed by atoms with Crippen molar-refractivity contribution < 1.29 is 9.53 Å². The molecule has 0 aliphatic carbocycles. The third kappa shape index (κ3) is 7.58. The highest BCUT2D eigenvalue weighted by molar-refractivity contribution is 6.32. The number of amides is 1. The number of halogens is 2. The van der Waals surface area contributed by atoms with E-state index in [1.807, 2.05) is 32.2 Å². The Labute approximate surface area is 131 Å². The van der Waals surface area contributed by atoms with E-state index in [-0.39, 0.29) is 24.4 Å². The first kappa shape index (κ1) is 19.0. The van der Waals surface area contributed by atoms with Gasteiger partial charge in [0.1, 0.15) is 5.75 Å². The van der Waals surface area contributed by atoms with Crippen LogP contribution in [0.3, 0.4) is 0 Å². The topological polar surface area (TPSA) is 50.4 Å². The Balaban J connectivity index is 0.00000361. The van der Waals surface area contributed by atoms with Gasteiger partial charge < -0.3 is 15.4 Å². The highest BCUT2D eigenvalue weighted by Crippen LogP contribution is 2.23. The molecule has 4 nitrogen and oxygen atoms in total. The molecule has 0 saturated heterocycles. The summed E-state index contributed by atoms with van der Waals surface area (Å²) in [5.74, 6) is 0.707. The molecule has 0 spiro atoms. The Kier molecular flexibility index (Phi) is 10.3. The second-order valence-electron chi connectivity index (χ2n) is 4.38. The van der Waals surface area contributed by atoms with Gasteiger partial charge in [-0.05, 0) is 32.5 Å². The molecule has 0 aromatic heterocycles. The van der Waals surface area contributed by atoms with Gasteiger partial charge in [-0.25, -0.2) is 0 Å². The Morgan fingerprint density at radius 3 is 2.75 bits per heavy atom. The fourth-order valence-corrected chi connectivity index (χ4v) is 1.62. The lowest BCUT2D eigenvalue weighted by Gasteiger charge is -2.11. The molecule has 1 aromatic carbocycles. The molecule has 114 valence electrons. The smallest absolute Gasteiger partial charge is 0.220 e. The van der Waals surface area contributed by atoms with Gasteiger partial charge >= 0.3 is 0 Å². The number of likely N-dealkylation sites (N-methyl/N-ethyl adjacent to an activating group) is 1. The Hall–Kier alpha value is -0.970. The van der Waals surface area contributed by atoms with Crippen molar-refractivity contribution in [2.75, 3.05) is 20.2 Å². The number of nitrogens with one attached hydrogen (secondary N) is 2. The van der Waals surface area contributed by atoms with Crippen molar-refractivity contribution in [1.82, 2.24) is 10.6 Å². The number of para-hydroxylation sites is 1. The van der Waals surface area contributed by atoms with Gasteiger partial charge in [-0.2, -0.15) is 0 Å². The Bertz CT molecular complexity index is 403. The minimum atomic E-state index is 0. The Morgan fingerprint density at radius 1 is 1.40 bits per heavy atom. The lowest BCUT2D eigenvalue weighted by Crippen LogP contribution is -2.37. The maximum atomic E-state index is 11.5. The van der Waals surface area contributed by atoms with E-state index in [2.05, 4.69) is 10.6 Å². The molecule has 1 rings (SSSR count). The first-order valence-electron chi connectivity index (χ1n) is 6.44. The van der Waals surface area contributed by atoms with Crippen molar-refractivity contribution in [3.05, 3.63) is 29.3 Å². The van der Waals surface area contributed by atoms with E-state index < -0.39 is 0 Å². The first-order chi connectivity index (χ1) is 9.13. The largest absolute Gasteiger partial charge is 0.492 e. The highest BCUT2D eigenvalue weighted by atomic mass is 35.5. The molecule has 20 heavy (non-hydrogen) atoms. The maximum absolute atomic E-state index is 11.5. The Morgan fingerprint density at radius 2 is 2.10 bits per heavy atom. The summed E-state index contributed by atoms with van der Waals surface area (Å²) in [5.41, 5.74) is 0. The SMILES string of the molecule is CNC(C)CNC(=O)CCCOc1ccccc1Cl.Cl. The number of rotatable bonds is 8. The number of benzene rings is 1. The molecular weight excluding hydrogens is 299 g/mol. The predicted molar refractivity (Wildman–Crippen MR) is 85.0 cm³/mol. The van der Waals surface area contributed by atoms with Crippen LogP contribution in [0.1, 0.15) is 19.8 Å². The van der Waals surface area contributed by atoms with Crippen LogP contribution in [0.4, 0.5) is 0 Å². The minimum Gasteiger partial charge on any atom is -0.492 e. The summed E-state index contributed by atoms with van der Waals surface area (Å²) in [4.78, 5) is 11.5. The lowest BCUT2D eigenvalue weighted by molar-refractivity contribution is -0.121. The van der Waals surface area contributed by atoms with E-state index in [0.29, 0.717) is 36.8 Å².